The molecule has 0 aromatic heterocycles. The molecular formula is C14H28N2. The summed E-state index contributed by atoms with van der Waals surface area (Å²) in [6.45, 7) is 12.9. The number of nitrogens with zero attached hydrogens (tertiary/aromatic N) is 1. The van der Waals surface area contributed by atoms with E-state index in [4.69, 9.17) is 5.73 Å². The lowest BCUT2D eigenvalue weighted by Crippen LogP contribution is -2.55. The summed E-state index contributed by atoms with van der Waals surface area (Å²) in [6.07, 6.45) is 3.97. The molecule has 3 atom stereocenters. The Morgan fingerprint density at radius 1 is 1.31 bits per heavy atom. The number of likely N-dealkylation sites (tertiary alicyclic amines) is 1. The summed E-state index contributed by atoms with van der Waals surface area (Å²) in [5.74, 6) is 1.61. The molecule has 2 rings (SSSR count). The first kappa shape index (κ1) is 12.4. The largest absolute Gasteiger partial charge is 0.329 e. The predicted octanol–water partition coefficient (Wildman–Crippen LogP) is 2.48. The highest BCUT2D eigenvalue weighted by Crippen LogP contribution is 2.50. The highest BCUT2D eigenvalue weighted by atomic mass is 15.2. The lowest BCUT2D eigenvalue weighted by Gasteiger charge is -2.42. The van der Waals surface area contributed by atoms with E-state index < -0.39 is 0 Å². The third-order valence-corrected chi connectivity index (χ3v) is 4.97. The molecule has 0 spiro atoms. The van der Waals surface area contributed by atoms with Gasteiger partial charge in [0.25, 0.3) is 0 Å². The molecule has 1 aliphatic carbocycles. The van der Waals surface area contributed by atoms with Crippen LogP contribution in [0.25, 0.3) is 0 Å². The van der Waals surface area contributed by atoms with Crippen LogP contribution >= 0.6 is 0 Å². The number of hydrogen-bond donors (Lipinski definition) is 1. The molecule has 2 heteroatoms. The van der Waals surface area contributed by atoms with Gasteiger partial charge in [0.2, 0.25) is 0 Å². The van der Waals surface area contributed by atoms with Gasteiger partial charge in [-0.2, -0.15) is 0 Å². The first-order chi connectivity index (χ1) is 7.39. The van der Waals surface area contributed by atoms with Crippen LogP contribution in [0.15, 0.2) is 0 Å². The molecule has 1 heterocycles. The van der Waals surface area contributed by atoms with E-state index in [2.05, 4.69) is 32.6 Å². The van der Waals surface area contributed by atoms with Gasteiger partial charge in [0.05, 0.1) is 0 Å². The van der Waals surface area contributed by atoms with Gasteiger partial charge in [-0.05, 0) is 43.1 Å². The summed E-state index contributed by atoms with van der Waals surface area (Å²) < 4.78 is 0. The summed E-state index contributed by atoms with van der Waals surface area (Å²) in [7, 11) is 0. The van der Waals surface area contributed by atoms with Crippen LogP contribution in [0.3, 0.4) is 0 Å². The second kappa shape index (κ2) is 3.99. The van der Waals surface area contributed by atoms with Gasteiger partial charge in [0.1, 0.15) is 0 Å². The Kier molecular flexibility index (Phi) is 3.09. The van der Waals surface area contributed by atoms with Crippen LogP contribution in [0.5, 0.6) is 0 Å². The van der Waals surface area contributed by atoms with Gasteiger partial charge < -0.3 is 5.73 Å². The molecule has 0 aromatic carbocycles. The average Bonchev–Trinajstić information content (AvgIpc) is 2.69. The Bertz CT molecular complexity index is 261. The van der Waals surface area contributed by atoms with Gasteiger partial charge in [0.15, 0.2) is 0 Å². The van der Waals surface area contributed by atoms with Gasteiger partial charge in [-0.1, -0.05) is 27.7 Å². The van der Waals surface area contributed by atoms with E-state index >= 15 is 0 Å². The third kappa shape index (κ3) is 1.91. The molecule has 0 bridgehead atoms. The van der Waals surface area contributed by atoms with E-state index in [1.165, 1.54) is 32.4 Å². The summed E-state index contributed by atoms with van der Waals surface area (Å²) in [4.78, 5) is 2.71. The molecule has 0 aromatic rings. The summed E-state index contributed by atoms with van der Waals surface area (Å²) >= 11 is 0. The number of hydrogen-bond acceptors (Lipinski definition) is 2. The second-order valence-electron chi connectivity index (χ2n) is 7.09. The van der Waals surface area contributed by atoms with Gasteiger partial charge in [-0.3, -0.25) is 4.90 Å². The number of nitrogens with two attached hydrogens (primary N) is 1. The van der Waals surface area contributed by atoms with Crippen LogP contribution < -0.4 is 5.73 Å². The summed E-state index contributed by atoms with van der Waals surface area (Å²) in [6, 6.07) is 0. The van der Waals surface area contributed by atoms with Gasteiger partial charge in [-0.15, -0.1) is 0 Å². The zero-order chi connectivity index (χ0) is 12.0. The van der Waals surface area contributed by atoms with Crippen molar-refractivity contribution in [2.24, 2.45) is 23.0 Å². The molecule has 3 unspecified atom stereocenters. The topological polar surface area (TPSA) is 29.3 Å². The Morgan fingerprint density at radius 2 is 2.00 bits per heavy atom. The van der Waals surface area contributed by atoms with Crippen molar-refractivity contribution in [3.8, 4) is 0 Å². The molecule has 2 aliphatic rings. The maximum atomic E-state index is 6.16. The molecule has 2 nitrogen and oxygen atoms in total. The van der Waals surface area contributed by atoms with Gasteiger partial charge >= 0.3 is 0 Å². The fourth-order valence-corrected chi connectivity index (χ4v) is 4.26. The lowest BCUT2D eigenvalue weighted by atomic mass is 9.85. The summed E-state index contributed by atoms with van der Waals surface area (Å²) in [5, 5.41) is 0. The maximum Gasteiger partial charge on any atom is 0.0362 e. The normalized spacial score (nSPS) is 44.1. The molecule has 16 heavy (non-hydrogen) atoms. The van der Waals surface area contributed by atoms with Crippen LogP contribution in [0.1, 0.15) is 47.0 Å². The fraction of sp³-hybridized carbons (Fsp3) is 1.00. The van der Waals surface area contributed by atoms with E-state index in [0.29, 0.717) is 11.0 Å². The minimum atomic E-state index is 0.300. The molecule has 0 amide bonds. The first-order valence-corrected chi connectivity index (χ1v) is 6.85. The van der Waals surface area contributed by atoms with E-state index in [1.807, 2.05) is 0 Å². The van der Waals surface area contributed by atoms with Gasteiger partial charge in [0, 0.05) is 18.6 Å². The van der Waals surface area contributed by atoms with Crippen molar-refractivity contribution in [3.63, 3.8) is 0 Å². The minimum absolute atomic E-state index is 0.300. The highest BCUT2D eigenvalue weighted by molar-refractivity contribution is 5.07. The fourth-order valence-electron chi connectivity index (χ4n) is 4.26. The Hall–Kier alpha value is -0.0800. The molecule has 2 fully saturated rings. The second-order valence-corrected chi connectivity index (χ2v) is 7.09. The highest BCUT2D eigenvalue weighted by Gasteiger charge is 2.51. The molecular weight excluding hydrogens is 196 g/mol. The van der Waals surface area contributed by atoms with Crippen molar-refractivity contribution in [2.45, 2.75) is 52.5 Å². The number of rotatable bonds is 2. The molecule has 1 saturated heterocycles. The van der Waals surface area contributed by atoms with Crippen molar-refractivity contribution in [1.29, 1.82) is 0 Å². The van der Waals surface area contributed by atoms with E-state index in [1.54, 1.807) is 0 Å². The van der Waals surface area contributed by atoms with Gasteiger partial charge in [-0.25, -0.2) is 0 Å². The smallest absolute Gasteiger partial charge is 0.0362 e. The molecule has 1 saturated carbocycles. The van der Waals surface area contributed by atoms with Crippen LogP contribution in [0.2, 0.25) is 0 Å². The maximum absolute atomic E-state index is 6.16. The lowest BCUT2D eigenvalue weighted by molar-refractivity contribution is 0.0805. The molecule has 1 aliphatic heterocycles. The van der Waals surface area contributed by atoms with Crippen LogP contribution in [-0.4, -0.2) is 30.1 Å². The van der Waals surface area contributed by atoms with Crippen molar-refractivity contribution in [3.05, 3.63) is 0 Å². The van der Waals surface area contributed by atoms with E-state index in [9.17, 15) is 0 Å². The monoisotopic (exact) mass is 224 g/mol. The first-order valence-electron chi connectivity index (χ1n) is 6.85. The van der Waals surface area contributed by atoms with Crippen molar-refractivity contribution in [1.82, 2.24) is 4.90 Å². The Labute approximate surface area is 101 Å². The third-order valence-electron chi connectivity index (χ3n) is 4.97. The minimum Gasteiger partial charge on any atom is -0.329 e. The van der Waals surface area contributed by atoms with Crippen molar-refractivity contribution in [2.75, 3.05) is 19.6 Å². The standard InChI is InChI=1S/C14H28N2/c1-11-5-6-16(8-11)14(10-15)9-13(3,4)7-12(14)2/h11-12H,5-10,15H2,1-4H3. The van der Waals surface area contributed by atoms with E-state index in [-0.39, 0.29) is 0 Å². The zero-order valence-corrected chi connectivity index (χ0v) is 11.4. The SMILES string of the molecule is CC1CCN(C2(CN)CC(C)(C)CC2C)C1. The molecule has 0 radical (unpaired) electrons. The van der Waals surface area contributed by atoms with Crippen LogP contribution in [0, 0.1) is 17.3 Å². The van der Waals surface area contributed by atoms with Crippen molar-refractivity contribution < 1.29 is 0 Å². The zero-order valence-electron chi connectivity index (χ0n) is 11.4. The van der Waals surface area contributed by atoms with Crippen molar-refractivity contribution >= 4 is 0 Å². The molecule has 2 N–H and O–H groups in total. The summed E-state index contributed by atoms with van der Waals surface area (Å²) in [5.41, 5.74) is 6.94. The molecule has 94 valence electrons. The Balaban J connectivity index is 2.19. The predicted molar refractivity (Wildman–Crippen MR) is 69.3 cm³/mol. The van der Waals surface area contributed by atoms with Crippen LogP contribution in [0.4, 0.5) is 0 Å². The quantitative estimate of drug-likeness (QED) is 0.781. The average molecular weight is 224 g/mol. The Morgan fingerprint density at radius 3 is 2.38 bits per heavy atom. The van der Waals surface area contributed by atoms with Crippen LogP contribution in [-0.2, 0) is 0 Å². The van der Waals surface area contributed by atoms with E-state index in [0.717, 1.165) is 18.4 Å².